The van der Waals surface area contributed by atoms with Crippen molar-refractivity contribution in [1.82, 2.24) is 11.6 Å². The van der Waals surface area contributed by atoms with Gasteiger partial charge in [-0.3, -0.25) is 15.0 Å². The summed E-state index contributed by atoms with van der Waals surface area (Å²) in [6.45, 7) is 2.05. The Hall–Kier alpha value is -1.88. The van der Waals surface area contributed by atoms with Crippen molar-refractivity contribution in [2.24, 2.45) is 5.92 Å². The van der Waals surface area contributed by atoms with Crippen LogP contribution >= 0.6 is 0 Å². The fourth-order valence-electron chi connectivity index (χ4n) is 1.94. The Labute approximate surface area is 107 Å². The maximum Gasteiger partial charge on any atom is 0.258 e. The topological polar surface area (TPSA) is 84.4 Å². The fourth-order valence-corrected chi connectivity index (χ4v) is 1.94. The van der Waals surface area contributed by atoms with Gasteiger partial charge in [-0.25, -0.2) is 5.01 Å². The number of amides is 2. The van der Waals surface area contributed by atoms with Crippen molar-refractivity contribution in [1.29, 1.82) is 0 Å². The van der Waals surface area contributed by atoms with Crippen LogP contribution in [0.4, 0.5) is 5.69 Å². The summed E-state index contributed by atoms with van der Waals surface area (Å²) in [4.78, 5) is 23.8. The van der Waals surface area contributed by atoms with Crippen molar-refractivity contribution in [3.8, 4) is 0 Å². The quantitative estimate of drug-likeness (QED) is 0.801. The fraction of sp³-hybridized carbons (Fsp3) is 0.385. The maximum atomic E-state index is 12.1. The van der Waals surface area contributed by atoms with Crippen LogP contribution in [0.15, 0.2) is 30.3 Å². The number of anilines is 1. The molecule has 2 amide bonds. The Morgan fingerprint density at radius 2 is 1.89 bits per heavy atom. The van der Waals surface area contributed by atoms with Gasteiger partial charge in [0.1, 0.15) is 5.92 Å². The van der Waals surface area contributed by atoms with Gasteiger partial charge in [0.2, 0.25) is 0 Å². The Kier molecular flexibility index (Phi) is 4.85. The third-order valence-corrected chi connectivity index (χ3v) is 2.92. The van der Waals surface area contributed by atoms with Crippen LogP contribution in [0.25, 0.3) is 0 Å². The van der Waals surface area contributed by atoms with Crippen LogP contribution in [0.1, 0.15) is 26.2 Å². The van der Waals surface area contributed by atoms with E-state index in [1.165, 1.54) is 5.01 Å². The van der Waals surface area contributed by atoms with E-state index >= 15 is 0 Å². The van der Waals surface area contributed by atoms with E-state index in [0.29, 0.717) is 12.1 Å². The van der Waals surface area contributed by atoms with Gasteiger partial charge < -0.3 is 6.15 Å². The lowest BCUT2D eigenvalue weighted by Crippen LogP contribution is -2.35. The molecular weight excluding hydrogens is 230 g/mol. The largest absolute Gasteiger partial charge is 0.344 e. The van der Waals surface area contributed by atoms with Crippen LogP contribution in [0.5, 0.6) is 0 Å². The average molecular weight is 249 g/mol. The monoisotopic (exact) mass is 249 g/mol. The van der Waals surface area contributed by atoms with Crippen molar-refractivity contribution in [3.05, 3.63) is 30.3 Å². The predicted molar refractivity (Wildman–Crippen MR) is 70.1 cm³/mol. The Morgan fingerprint density at radius 3 is 2.50 bits per heavy atom. The minimum absolute atomic E-state index is 0. The van der Waals surface area contributed by atoms with Crippen LogP contribution in [-0.4, -0.2) is 11.8 Å². The third kappa shape index (κ3) is 2.68. The van der Waals surface area contributed by atoms with Gasteiger partial charge >= 0.3 is 0 Å². The highest BCUT2D eigenvalue weighted by molar-refractivity contribution is 6.14. The molecule has 18 heavy (non-hydrogen) atoms. The van der Waals surface area contributed by atoms with Crippen molar-refractivity contribution in [3.63, 3.8) is 0 Å². The standard InChI is InChI=1S/C13H16N2O2.H3N/c1-2-3-9-11-12(16)14-15(13(11)17)10-7-5-4-6-8-10;/h4-8,11H,2-3,9H2,1H3,(H,14,16);1H3. The zero-order valence-electron chi connectivity index (χ0n) is 10.6. The number of rotatable bonds is 4. The van der Waals surface area contributed by atoms with Gasteiger partial charge in [0.15, 0.2) is 0 Å². The van der Waals surface area contributed by atoms with E-state index in [2.05, 4.69) is 5.43 Å². The molecule has 1 heterocycles. The lowest BCUT2D eigenvalue weighted by Gasteiger charge is -2.14. The molecule has 0 saturated carbocycles. The maximum absolute atomic E-state index is 12.1. The second kappa shape index (κ2) is 6.16. The van der Waals surface area contributed by atoms with E-state index in [0.717, 1.165) is 12.8 Å². The lowest BCUT2D eigenvalue weighted by atomic mass is 10.0. The van der Waals surface area contributed by atoms with Crippen molar-refractivity contribution in [2.45, 2.75) is 26.2 Å². The van der Waals surface area contributed by atoms with E-state index in [1.807, 2.05) is 25.1 Å². The zero-order valence-corrected chi connectivity index (χ0v) is 10.6. The van der Waals surface area contributed by atoms with Gasteiger partial charge in [-0.15, -0.1) is 0 Å². The minimum Gasteiger partial charge on any atom is -0.344 e. The summed E-state index contributed by atoms with van der Waals surface area (Å²) in [5, 5.41) is 1.35. The van der Waals surface area contributed by atoms with Gasteiger partial charge in [0.25, 0.3) is 11.8 Å². The van der Waals surface area contributed by atoms with Crippen LogP contribution in [0.3, 0.4) is 0 Å². The molecule has 1 saturated heterocycles. The van der Waals surface area contributed by atoms with Crippen LogP contribution in [-0.2, 0) is 9.59 Å². The number of nitrogens with zero attached hydrogens (tertiary/aromatic N) is 1. The van der Waals surface area contributed by atoms with Gasteiger partial charge in [-0.1, -0.05) is 38.0 Å². The highest BCUT2D eigenvalue weighted by Gasteiger charge is 2.39. The number of carbonyl (C=O) groups is 2. The SMILES string of the molecule is CCCCC1C(=O)NN(c2ccccc2)C1=O.N. The van der Waals surface area contributed by atoms with Gasteiger partial charge in [-0.05, 0) is 18.6 Å². The molecule has 0 aromatic heterocycles. The number of para-hydroxylation sites is 1. The van der Waals surface area contributed by atoms with Gasteiger partial charge in [0.05, 0.1) is 5.69 Å². The molecule has 5 nitrogen and oxygen atoms in total. The second-order valence-corrected chi connectivity index (χ2v) is 4.18. The first-order valence-electron chi connectivity index (χ1n) is 5.93. The molecule has 5 heteroatoms. The van der Waals surface area contributed by atoms with Crippen LogP contribution in [0, 0.1) is 5.92 Å². The van der Waals surface area contributed by atoms with Crippen LogP contribution in [0.2, 0.25) is 0 Å². The number of hydrogen-bond donors (Lipinski definition) is 2. The number of hydrogen-bond acceptors (Lipinski definition) is 3. The molecule has 1 aromatic carbocycles. The summed E-state index contributed by atoms with van der Waals surface area (Å²) in [7, 11) is 0. The number of hydrazine groups is 1. The minimum atomic E-state index is -0.518. The molecule has 0 radical (unpaired) electrons. The van der Waals surface area contributed by atoms with E-state index < -0.39 is 5.92 Å². The molecule has 4 N–H and O–H groups in total. The van der Waals surface area contributed by atoms with E-state index in [9.17, 15) is 9.59 Å². The molecular formula is C13H19N3O2. The van der Waals surface area contributed by atoms with E-state index in [-0.39, 0.29) is 18.0 Å². The molecule has 1 aliphatic heterocycles. The molecule has 1 atom stereocenters. The van der Waals surface area contributed by atoms with Crippen molar-refractivity contribution < 1.29 is 9.59 Å². The average Bonchev–Trinajstić information content (AvgIpc) is 2.64. The summed E-state index contributed by atoms with van der Waals surface area (Å²) >= 11 is 0. The molecule has 1 aromatic rings. The lowest BCUT2D eigenvalue weighted by molar-refractivity contribution is -0.127. The predicted octanol–water partition coefficient (Wildman–Crippen LogP) is 2.03. The summed E-state index contributed by atoms with van der Waals surface area (Å²) in [5.41, 5.74) is 3.34. The first-order chi connectivity index (χ1) is 8.24. The Bertz CT molecular complexity index is 420. The molecule has 1 fully saturated rings. The Balaban J connectivity index is 0.00000162. The molecule has 0 bridgehead atoms. The van der Waals surface area contributed by atoms with E-state index in [1.54, 1.807) is 12.1 Å². The van der Waals surface area contributed by atoms with Crippen molar-refractivity contribution in [2.75, 3.05) is 5.01 Å². The molecule has 2 rings (SSSR count). The normalized spacial score (nSPS) is 18.5. The molecule has 0 spiro atoms. The number of benzene rings is 1. The highest BCUT2D eigenvalue weighted by Crippen LogP contribution is 2.22. The summed E-state index contributed by atoms with van der Waals surface area (Å²) in [6, 6.07) is 9.17. The smallest absolute Gasteiger partial charge is 0.258 e. The molecule has 1 unspecified atom stereocenters. The second-order valence-electron chi connectivity index (χ2n) is 4.18. The van der Waals surface area contributed by atoms with E-state index in [4.69, 9.17) is 0 Å². The Morgan fingerprint density at radius 1 is 1.22 bits per heavy atom. The van der Waals surface area contributed by atoms with Gasteiger partial charge in [-0.2, -0.15) is 0 Å². The molecule has 0 aliphatic carbocycles. The number of nitrogens with one attached hydrogen (secondary N) is 1. The molecule has 1 aliphatic rings. The number of carbonyl (C=O) groups excluding carboxylic acids is 2. The highest BCUT2D eigenvalue weighted by atomic mass is 16.2. The zero-order chi connectivity index (χ0) is 12.3. The van der Waals surface area contributed by atoms with Crippen LogP contribution < -0.4 is 16.6 Å². The van der Waals surface area contributed by atoms with Gasteiger partial charge in [0, 0.05) is 0 Å². The number of unbranched alkanes of at least 4 members (excludes halogenated alkanes) is 1. The summed E-state index contributed by atoms with van der Waals surface area (Å²) in [6.07, 6.45) is 2.51. The molecule has 98 valence electrons. The first kappa shape index (κ1) is 14.2. The third-order valence-electron chi connectivity index (χ3n) is 2.92. The first-order valence-corrected chi connectivity index (χ1v) is 5.93. The summed E-state index contributed by atoms with van der Waals surface area (Å²) in [5.74, 6) is -0.850. The van der Waals surface area contributed by atoms with Crippen molar-refractivity contribution >= 4 is 17.5 Å². The summed E-state index contributed by atoms with van der Waals surface area (Å²) < 4.78 is 0.